The minimum Gasteiger partial charge on any atom is -0.359 e. The van der Waals surface area contributed by atoms with E-state index in [2.05, 4.69) is 5.16 Å². The number of nitrogens with zero attached hydrogens (tertiary/aromatic N) is 2. The van der Waals surface area contributed by atoms with Crippen molar-refractivity contribution in [1.82, 2.24) is 9.72 Å². The van der Waals surface area contributed by atoms with Crippen LogP contribution in [0.3, 0.4) is 0 Å². The van der Waals surface area contributed by atoms with E-state index in [1.54, 1.807) is 54.6 Å². The Kier molecular flexibility index (Phi) is 5.75. The highest BCUT2D eigenvalue weighted by molar-refractivity contribution is 6.11. The molecule has 0 radical (unpaired) electrons. The van der Waals surface area contributed by atoms with Crippen LogP contribution < -0.4 is 5.56 Å². The van der Waals surface area contributed by atoms with E-state index in [9.17, 15) is 27.2 Å². The van der Waals surface area contributed by atoms with Gasteiger partial charge in [-0.15, -0.1) is 0 Å². The molecule has 2 heterocycles. The first kappa shape index (κ1) is 23.2. The summed E-state index contributed by atoms with van der Waals surface area (Å²) < 4.78 is 60.5. The normalized spacial score (nSPS) is 11.7. The van der Waals surface area contributed by atoms with Crippen LogP contribution in [0.15, 0.2) is 94.2 Å². The van der Waals surface area contributed by atoms with Gasteiger partial charge in [-0.2, -0.15) is 13.2 Å². The Balaban J connectivity index is 1.72. The van der Waals surface area contributed by atoms with E-state index < -0.39 is 28.9 Å². The first-order valence-electron chi connectivity index (χ1n) is 10.8. The summed E-state index contributed by atoms with van der Waals surface area (Å²) in [7, 11) is 0. The second-order valence-electron chi connectivity index (χ2n) is 8.04. The molecule has 0 amide bonds. The first-order chi connectivity index (χ1) is 17.2. The fourth-order valence-corrected chi connectivity index (χ4v) is 4.12. The molecule has 0 bridgehead atoms. The van der Waals surface area contributed by atoms with Crippen LogP contribution in [0.5, 0.6) is 0 Å². The molecule has 0 aliphatic heterocycles. The molecule has 0 N–H and O–H groups in total. The van der Waals surface area contributed by atoms with Gasteiger partial charge in [-0.25, -0.2) is 4.39 Å². The third-order valence-corrected chi connectivity index (χ3v) is 5.73. The summed E-state index contributed by atoms with van der Waals surface area (Å²) in [5.74, 6) is -2.49. The third kappa shape index (κ3) is 4.19. The number of rotatable bonds is 5. The zero-order chi connectivity index (χ0) is 25.4. The maximum absolute atomic E-state index is 13.6. The van der Waals surface area contributed by atoms with Crippen molar-refractivity contribution in [3.63, 3.8) is 0 Å². The first-order valence-corrected chi connectivity index (χ1v) is 10.8. The number of para-hydroxylation sites is 1. The minimum absolute atomic E-state index is 0.0839. The maximum Gasteiger partial charge on any atom is 0.455 e. The summed E-state index contributed by atoms with van der Waals surface area (Å²) >= 11 is 0. The van der Waals surface area contributed by atoms with Gasteiger partial charge in [0.1, 0.15) is 17.1 Å². The Hall–Kier alpha value is -4.53. The summed E-state index contributed by atoms with van der Waals surface area (Å²) in [5, 5.41) is 4.22. The van der Waals surface area contributed by atoms with Crippen molar-refractivity contribution < 1.29 is 26.9 Å². The predicted molar refractivity (Wildman–Crippen MR) is 125 cm³/mol. The van der Waals surface area contributed by atoms with Crippen LogP contribution in [-0.2, 0) is 6.54 Å². The molecule has 3 aromatic carbocycles. The van der Waals surface area contributed by atoms with Crippen molar-refractivity contribution in [3.05, 3.63) is 112 Å². The topological polar surface area (TPSA) is 65.1 Å². The standard InChI is InChI=1S/C27H16F4N2O3/c28-18-12-10-16(11-13-18)21-14-19(36-32-21)15-33-22-9-5-4-8-20(22)23(17-6-2-1-3-7-17)24(26(33)35)25(34)27(29,30)31/h1-14H,15H2. The number of pyridine rings is 1. The number of fused-ring (bicyclic) bond motifs is 1. The van der Waals surface area contributed by atoms with Crippen molar-refractivity contribution in [3.8, 4) is 22.4 Å². The fourth-order valence-electron chi connectivity index (χ4n) is 4.12. The minimum atomic E-state index is -5.26. The lowest BCUT2D eigenvalue weighted by Crippen LogP contribution is -2.34. The zero-order valence-electron chi connectivity index (χ0n) is 18.4. The number of carbonyl (C=O) groups is 1. The number of hydrogen-bond donors (Lipinski definition) is 0. The highest BCUT2D eigenvalue weighted by Gasteiger charge is 2.43. The molecule has 0 saturated carbocycles. The van der Waals surface area contributed by atoms with Crippen LogP contribution >= 0.6 is 0 Å². The van der Waals surface area contributed by atoms with E-state index in [0.717, 1.165) is 4.57 Å². The van der Waals surface area contributed by atoms with Gasteiger partial charge in [0.05, 0.1) is 12.1 Å². The molecule has 180 valence electrons. The quantitative estimate of drug-likeness (QED) is 0.215. The van der Waals surface area contributed by atoms with Gasteiger partial charge in [-0.05, 0) is 35.9 Å². The van der Waals surface area contributed by atoms with Crippen molar-refractivity contribution in [2.24, 2.45) is 0 Å². The lowest BCUT2D eigenvalue weighted by Gasteiger charge is -2.18. The largest absolute Gasteiger partial charge is 0.455 e. The van der Waals surface area contributed by atoms with Crippen molar-refractivity contribution >= 4 is 16.7 Å². The van der Waals surface area contributed by atoms with Crippen molar-refractivity contribution in [2.75, 3.05) is 0 Å². The summed E-state index contributed by atoms with van der Waals surface area (Å²) in [4.78, 5) is 26.1. The SMILES string of the molecule is O=C(c1c(-c2ccccc2)c2ccccc2n(Cc2cc(-c3ccc(F)cc3)no2)c1=O)C(F)(F)F. The molecular weight excluding hydrogens is 476 g/mol. The van der Waals surface area contributed by atoms with Crippen LogP contribution in [0.25, 0.3) is 33.3 Å². The highest BCUT2D eigenvalue weighted by Crippen LogP contribution is 2.34. The second-order valence-corrected chi connectivity index (χ2v) is 8.04. The molecule has 0 spiro atoms. The average molecular weight is 492 g/mol. The molecule has 0 atom stereocenters. The fraction of sp³-hybridized carbons (Fsp3) is 0.0741. The number of ketones is 1. The molecule has 5 nitrogen and oxygen atoms in total. The molecule has 5 rings (SSSR count). The summed E-state index contributed by atoms with van der Waals surface area (Å²) in [6.07, 6.45) is -5.26. The number of alkyl halides is 3. The molecule has 5 aromatic rings. The van der Waals surface area contributed by atoms with Crippen LogP contribution in [-0.4, -0.2) is 21.7 Å². The van der Waals surface area contributed by atoms with Gasteiger partial charge in [0.15, 0.2) is 5.76 Å². The zero-order valence-corrected chi connectivity index (χ0v) is 18.4. The van der Waals surface area contributed by atoms with Crippen molar-refractivity contribution in [1.29, 1.82) is 0 Å². The molecule has 0 saturated heterocycles. The summed E-state index contributed by atoms with van der Waals surface area (Å²) in [5.41, 5.74) is -0.617. The molecule has 0 aliphatic carbocycles. The Bertz CT molecular complexity index is 1640. The third-order valence-electron chi connectivity index (χ3n) is 5.73. The van der Waals surface area contributed by atoms with E-state index in [-0.39, 0.29) is 17.9 Å². The lowest BCUT2D eigenvalue weighted by molar-refractivity contribution is -0.0885. The van der Waals surface area contributed by atoms with Gasteiger partial charge >= 0.3 is 6.18 Å². The number of hydrogen-bond acceptors (Lipinski definition) is 4. The molecule has 0 unspecified atom stereocenters. The molecule has 0 aliphatic rings. The Morgan fingerprint density at radius 1 is 0.889 bits per heavy atom. The van der Waals surface area contributed by atoms with Gasteiger partial charge in [0, 0.05) is 22.6 Å². The maximum atomic E-state index is 13.6. The Morgan fingerprint density at radius 3 is 2.25 bits per heavy atom. The molecule has 2 aromatic heterocycles. The predicted octanol–water partition coefficient (Wildman–Crippen LogP) is 6.26. The Labute approximate surface area is 201 Å². The van der Waals surface area contributed by atoms with Gasteiger partial charge in [-0.1, -0.05) is 53.7 Å². The monoisotopic (exact) mass is 492 g/mol. The van der Waals surface area contributed by atoms with Gasteiger partial charge in [0.2, 0.25) is 0 Å². The van der Waals surface area contributed by atoms with Gasteiger partial charge < -0.3 is 4.52 Å². The van der Waals surface area contributed by atoms with Crippen molar-refractivity contribution in [2.45, 2.75) is 12.7 Å². The number of halogens is 4. The number of benzene rings is 3. The smallest absolute Gasteiger partial charge is 0.359 e. The van der Waals surface area contributed by atoms with E-state index >= 15 is 0 Å². The van der Waals surface area contributed by atoms with Gasteiger partial charge in [-0.3, -0.25) is 14.2 Å². The van der Waals surface area contributed by atoms with E-state index in [4.69, 9.17) is 4.52 Å². The van der Waals surface area contributed by atoms with Gasteiger partial charge in [0.25, 0.3) is 11.3 Å². The molecular formula is C27H16F4N2O3. The number of aromatic nitrogens is 2. The van der Waals surface area contributed by atoms with E-state index in [1.807, 2.05) is 0 Å². The highest BCUT2D eigenvalue weighted by atomic mass is 19.4. The molecule has 0 fully saturated rings. The van der Waals surface area contributed by atoms with E-state index in [0.29, 0.717) is 27.7 Å². The summed E-state index contributed by atoms with van der Waals surface area (Å²) in [6, 6.07) is 21.4. The van der Waals surface area contributed by atoms with Crippen LogP contribution in [0.2, 0.25) is 0 Å². The number of carbonyl (C=O) groups excluding carboxylic acids is 1. The average Bonchev–Trinajstić information content (AvgIpc) is 3.34. The Morgan fingerprint density at radius 2 is 1.56 bits per heavy atom. The number of Topliss-reactive ketones (excluding diaryl/α,β-unsaturated/α-hetero) is 1. The van der Waals surface area contributed by atoms with Crippen LogP contribution in [0.4, 0.5) is 17.6 Å². The van der Waals surface area contributed by atoms with Crippen LogP contribution in [0, 0.1) is 5.82 Å². The second kappa shape index (κ2) is 8.92. The summed E-state index contributed by atoms with van der Waals surface area (Å²) in [6.45, 7) is -0.277. The lowest BCUT2D eigenvalue weighted by atomic mass is 9.93. The van der Waals surface area contributed by atoms with Crippen LogP contribution in [0.1, 0.15) is 16.1 Å². The molecule has 36 heavy (non-hydrogen) atoms. The van der Waals surface area contributed by atoms with E-state index in [1.165, 1.54) is 30.3 Å². The molecule has 9 heteroatoms.